The summed E-state index contributed by atoms with van der Waals surface area (Å²) in [6.07, 6.45) is 3.64. The van der Waals surface area contributed by atoms with E-state index in [0.717, 1.165) is 26.4 Å². The van der Waals surface area contributed by atoms with E-state index in [1.54, 1.807) is 17.5 Å². The molecule has 0 atom stereocenters. The zero-order valence-electron chi connectivity index (χ0n) is 8.93. The van der Waals surface area contributed by atoms with Crippen LogP contribution in [0.25, 0.3) is 21.5 Å². The van der Waals surface area contributed by atoms with Gasteiger partial charge in [-0.25, -0.2) is 4.98 Å². The number of benzene rings is 1. The molecule has 4 heteroatoms. The second-order valence-electron chi connectivity index (χ2n) is 3.68. The number of thiazole rings is 1. The maximum atomic E-state index is 5.78. The average molecular weight is 261 g/mol. The van der Waals surface area contributed by atoms with Crippen LogP contribution in [0.4, 0.5) is 0 Å². The van der Waals surface area contributed by atoms with E-state index in [1.807, 2.05) is 24.4 Å². The Hall–Kier alpha value is -1.45. The zero-order chi connectivity index (χ0) is 11.7. The van der Waals surface area contributed by atoms with E-state index in [9.17, 15) is 0 Å². The van der Waals surface area contributed by atoms with Gasteiger partial charge in [-0.05, 0) is 24.3 Å². The maximum Gasteiger partial charge on any atom is 0.123 e. The first-order valence-electron chi connectivity index (χ1n) is 5.22. The molecular weight excluding hydrogens is 252 g/mol. The van der Waals surface area contributed by atoms with Gasteiger partial charge in [-0.3, -0.25) is 4.98 Å². The number of hydrogen-bond acceptors (Lipinski definition) is 3. The second-order valence-corrected chi connectivity index (χ2v) is 5.06. The van der Waals surface area contributed by atoms with E-state index >= 15 is 0 Å². The van der Waals surface area contributed by atoms with Crippen molar-refractivity contribution < 1.29 is 0 Å². The smallest absolute Gasteiger partial charge is 0.123 e. The van der Waals surface area contributed by atoms with E-state index < -0.39 is 0 Å². The van der Waals surface area contributed by atoms with Gasteiger partial charge in [-0.1, -0.05) is 6.07 Å². The molecular formula is C13H9ClN2S. The number of pyridine rings is 1. The number of hydrogen-bond donors (Lipinski definition) is 0. The summed E-state index contributed by atoms with van der Waals surface area (Å²) < 4.78 is 0. The van der Waals surface area contributed by atoms with Crippen molar-refractivity contribution in [3.05, 3.63) is 47.6 Å². The first-order chi connectivity index (χ1) is 8.36. The van der Waals surface area contributed by atoms with E-state index in [4.69, 9.17) is 11.6 Å². The van der Waals surface area contributed by atoms with E-state index in [2.05, 4.69) is 22.1 Å². The van der Waals surface area contributed by atoms with Gasteiger partial charge in [0.2, 0.25) is 0 Å². The van der Waals surface area contributed by atoms with Crippen LogP contribution in [0.5, 0.6) is 0 Å². The third-order valence-corrected chi connectivity index (χ3v) is 4.03. The Bertz CT molecular complexity index is 663. The zero-order valence-corrected chi connectivity index (χ0v) is 10.5. The summed E-state index contributed by atoms with van der Waals surface area (Å²) in [5.74, 6) is 0.521. The number of aromatic nitrogens is 2. The summed E-state index contributed by atoms with van der Waals surface area (Å²) in [5, 5.41) is 2.14. The van der Waals surface area contributed by atoms with E-state index in [1.165, 1.54) is 0 Å². The lowest BCUT2D eigenvalue weighted by Crippen LogP contribution is -1.79. The minimum atomic E-state index is 0.521. The number of alkyl halides is 1. The standard InChI is InChI=1S/C13H9ClN2S/c14-7-11-8-16-13(17-11)10-3-4-12-9(6-10)2-1-5-15-12/h1-6,8H,7H2. The highest BCUT2D eigenvalue weighted by molar-refractivity contribution is 7.15. The van der Waals surface area contributed by atoms with Gasteiger partial charge < -0.3 is 0 Å². The normalized spacial score (nSPS) is 10.9. The number of rotatable bonds is 2. The van der Waals surface area contributed by atoms with E-state index in [-0.39, 0.29) is 0 Å². The van der Waals surface area contributed by atoms with Gasteiger partial charge in [0.1, 0.15) is 5.01 Å². The molecule has 2 nitrogen and oxygen atoms in total. The Labute approximate surface area is 108 Å². The summed E-state index contributed by atoms with van der Waals surface area (Å²) in [6, 6.07) is 10.2. The molecule has 0 spiro atoms. The monoisotopic (exact) mass is 260 g/mol. The molecule has 84 valence electrons. The predicted molar refractivity (Wildman–Crippen MR) is 72.4 cm³/mol. The van der Waals surface area contributed by atoms with Crippen LogP contribution in [0, 0.1) is 0 Å². The summed E-state index contributed by atoms with van der Waals surface area (Å²) in [5.41, 5.74) is 2.12. The quantitative estimate of drug-likeness (QED) is 0.649. The molecule has 2 heterocycles. The number of fused-ring (bicyclic) bond motifs is 1. The van der Waals surface area contributed by atoms with Gasteiger partial charge in [0, 0.05) is 28.2 Å². The molecule has 0 amide bonds. The van der Waals surface area contributed by atoms with Crippen molar-refractivity contribution in [1.82, 2.24) is 9.97 Å². The van der Waals surface area contributed by atoms with Crippen molar-refractivity contribution in [1.29, 1.82) is 0 Å². The van der Waals surface area contributed by atoms with Crippen molar-refractivity contribution >= 4 is 33.8 Å². The topological polar surface area (TPSA) is 25.8 Å². The molecule has 0 aliphatic heterocycles. The third-order valence-electron chi connectivity index (χ3n) is 2.54. The summed E-state index contributed by atoms with van der Waals surface area (Å²) in [7, 11) is 0. The minimum Gasteiger partial charge on any atom is -0.256 e. The Balaban J connectivity index is 2.11. The first kappa shape index (κ1) is 10.7. The molecule has 0 saturated carbocycles. The van der Waals surface area contributed by atoms with Crippen molar-refractivity contribution in [2.45, 2.75) is 5.88 Å². The molecule has 3 rings (SSSR count). The Morgan fingerprint density at radius 3 is 2.94 bits per heavy atom. The molecule has 0 radical (unpaired) electrons. The van der Waals surface area contributed by atoms with Crippen LogP contribution in [-0.4, -0.2) is 9.97 Å². The van der Waals surface area contributed by atoms with Crippen LogP contribution >= 0.6 is 22.9 Å². The van der Waals surface area contributed by atoms with Gasteiger partial charge in [-0.15, -0.1) is 22.9 Å². The van der Waals surface area contributed by atoms with Crippen LogP contribution in [-0.2, 0) is 5.88 Å². The lowest BCUT2D eigenvalue weighted by molar-refractivity contribution is 1.36. The van der Waals surface area contributed by atoms with Crippen LogP contribution in [0.1, 0.15) is 4.88 Å². The Kier molecular flexibility index (Phi) is 2.79. The molecule has 0 aliphatic carbocycles. The number of nitrogens with zero attached hydrogens (tertiary/aromatic N) is 2. The largest absolute Gasteiger partial charge is 0.256 e. The van der Waals surface area contributed by atoms with Gasteiger partial charge in [0.05, 0.1) is 11.4 Å². The summed E-state index contributed by atoms with van der Waals surface area (Å²) in [4.78, 5) is 9.77. The van der Waals surface area contributed by atoms with Crippen molar-refractivity contribution in [2.75, 3.05) is 0 Å². The SMILES string of the molecule is ClCc1cnc(-c2ccc3ncccc3c2)s1. The molecule has 1 aromatic carbocycles. The molecule has 3 aromatic rings. The molecule has 17 heavy (non-hydrogen) atoms. The first-order valence-corrected chi connectivity index (χ1v) is 6.58. The fourth-order valence-electron chi connectivity index (χ4n) is 1.71. The van der Waals surface area contributed by atoms with Crippen molar-refractivity contribution in [2.24, 2.45) is 0 Å². The van der Waals surface area contributed by atoms with Gasteiger partial charge in [-0.2, -0.15) is 0 Å². The molecule has 0 aliphatic rings. The van der Waals surface area contributed by atoms with Crippen LogP contribution < -0.4 is 0 Å². The van der Waals surface area contributed by atoms with Crippen LogP contribution in [0.3, 0.4) is 0 Å². The molecule has 0 unspecified atom stereocenters. The minimum absolute atomic E-state index is 0.521. The molecule has 0 saturated heterocycles. The molecule has 0 fully saturated rings. The van der Waals surface area contributed by atoms with Crippen molar-refractivity contribution in [3.8, 4) is 10.6 Å². The van der Waals surface area contributed by atoms with Crippen molar-refractivity contribution in [3.63, 3.8) is 0 Å². The van der Waals surface area contributed by atoms with Gasteiger partial charge >= 0.3 is 0 Å². The highest BCUT2D eigenvalue weighted by Crippen LogP contribution is 2.28. The molecule has 0 bridgehead atoms. The highest BCUT2D eigenvalue weighted by Gasteiger charge is 2.05. The fourth-order valence-corrected chi connectivity index (χ4v) is 2.70. The highest BCUT2D eigenvalue weighted by atomic mass is 35.5. The number of halogens is 1. The predicted octanol–water partition coefficient (Wildman–Crippen LogP) is 4.10. The Morgan fingerprint density at radius 2 is 2.12 bits per heavy atom. The summed E-state index contributed by atoms with van der Waals surface area (Å²) in [6.45, 7) is 0. The maximum absolute atomic E-state index is 5.78. The van der Waals surface area contributed by atoms with Crippen LogP contribution in [0.2, 0.25) is 0 Å². The average Bonchev–Trinajstić information content (AvgIpc) is 2.87. The van der Waals surface area contributed by atoms with Gasteiger partial charge in [0.25, 0.3) is 0 Å². The fraction of sp³-hybridized carbons (Fsp3) is 0.0769. The second kappa shape index (κ2) is 4.43. The Morgan fingerprint density at radius 1 is 1.18 bits per heavy atom. The third kappa shape index (κ3) is 2.04. The molecule has 2 aromatic heterocycles. The summed E-state index contributed by atoms with van der Waals surface area (Å²) >= 11 is 7.41. The lowest BCUT2D eigenvalue weighted by Gasteiger charge is -1.99. The van der Waals surface area contributed by atoms with Gasteiger partial charge in [0.15, 0.2) is 0 Å². The lowest BCUT2D eigenvalue weighted by atomic mass is 10.1. The molecule has 0 N–H and O–H groups in total. The van der Waals surface area contributed by atoms with E-state index in [0.29, 0.717) is 5.88 Å². The van der Waals surface area contributed by atoms with Crippen LogP contribution in [0.15, 0.2) is 42.7 Å².